The van der Waals surface area contributed by atoms with Crippen LogP contribution in [0.2, 0.25) is 0 Å². The Morgan fingerprint density at radius 2 is 2.22 bits per heavy atom. The Kier molecular flexibility index (Phi) is 2.82. The Morgan fingerprint density at radius 3 is 3.06 bits per heavy atom. The second kappa shape index (κ2) is 4.48. The molecule has 0 bridgehead atoms. The summed E-state index contributed by atoms with van der Waals surface area (Å²) in [7, 11) is 0. The van der Waals surface area contributed by atoms with E-state index in [0.717, 1.165) is 18.2 Å². The first-order chi connectivity index (χ1) is 8.79. The van der Waals surface area contributed by atoms with Gasteiger partial charge in [-0.15, -0.1) is 0 Å². The van der Waals surface area contributed by atoms with Crippen molar-refractivity contribution >= 4 is 5.95 Å². The minimum Gasteiger partial charge on any atom is -0.356 e. The minimum atomic E-state index is 0.441. The summed E-state index contributed by atoms with van der Waals surface area (Å²) in [6, 6.07) is 9.19. The van der Waals surface area contributed by atoms with Crippen LogP contribution in [0.15, 0.2) is 30.5 Å². The van der Waals surface area contributed by atoms with Gasteiger partial charge >= 0.3 is 0 Å². The van der Waals surface area contributed by atoms with Crippen LogP contribution in [0.4, 0.5) is 5.95 Å². The fraction of sp³-hybridized carbons (Fsp3) is 0.400. The Balaban J connectivity index is 2.01. The van der Waals surface area contributed by atoms with Crippen molar-refractivity contribution in [1.29, 1.82) is 0 Å². The van der Waals surface area contributed by atoms with Crippen LogP contribution in [-0.2, 0) is 6.42 Å². The number of imidazole rings is 1. The number of aromatic nitrogens is 2. The molecule has 3 nitrogen and oxygen atoms in total. The minimum absolute atomic E-state index is 0.441. The van der Waals surface area contributed by atoms with E-state index in [1.807, 2.05) is 0 Å². The molecule has 18 heavy (non-hydrogen) atoms. The molecule has 1 aromatic heterocycles. The first-order valence-electron chi connectivity index (χ1n) is 6.66. The molecule has 2 aromatic rings. The number of anilines is 1. The number of benzene rings is 1. The standard InChI is InChI=1S/C15H19N3/c1-3-16-15-17-11(2)10-18(15)14-9-8-12-6-4-5-7-13(12)14/h4-7,10,14H,3,8-9H2,1-2H3,(H,16,17). The number of fused-ring (bicyclic) bond motifs is 1. The third-order valence-electron chi connectivity index (χ3n) is 3.62. The average molecular weight is 241 g/mol. The van der Waals surface area contributed by atoms with Gasteiger partial charge in [0.1, 0.15) is 0 Å². The molecule has 94 valence electrons. The molecule has 0 saturated heterocycles. The number of hydrogen-bond acceptors (Lipinski definition) is 2. The molecule has 0 amide bonds. The SMILES string of the molecule is CCNc1nc(C)cn1C1CCc2ccccc21. The van der Waals surface area contributed by atoms with Crippen LogP contribution in [0.3, 0.4) is 0 Å². The van der Waals surface area contributed by atoms with E-state index < -0.39 is 0 Å². The quantitative estimate of drug-likeness (QED) is 0.894. The van der Waals surface area contributed by atoms with E-state index in [1.54, 1.807) is 0 Å². The number of rotatable bonds is 3. The number of nitrogens with zero attached hydrogens (tertiary/aromatic N) is 2. The van der Waals surface area contributed by atoms with Crippen molar-refractivity contribution in [2.24, 2.45) is 0 Å². The molecule has 0 radical (unpaired) electrons. The van der Waals surface area contributed by atoms with Crippen LogP contribution >= 0.6 is 0 Å². The van der Waals surface area contributed by atoms with Crippen LogP contribution in [0.5, 0.6) is 0 Å². The normalized spacial score (nSPS) is 17.8. The predicted octanol–water partition coefficient (Wildman–Crippen LogP) is 3.16. The fourth-order valence-electron chi connectivity index (χ4n) is 2.87. The zero-order chi connectivity index (χ0) is 12.5. The molecule has 1 aromatic carbocycles. The highest BCUT2D eigenvalue weighted by Gasteiger charge is 2.25. The third kappa shape index (κ3) is 1.80. The van der Waals surface area contributed by atoms with E-state index in [4.69, 9.17) is 0 Å². The maximum absolute atomic E-state index is 4.57. The zero-order valence-electron chi connectivity index (χ0n) is 11.0. The first-order valence-corrected chi connectivity index (χ1v) is 6.66. The van der Waals surface area contributed by atoms with Gasteiger partial charge in [-0.05, 0) is 37.8 Å². The highest BCUT2D eigenvalue weighted by molar-refractivity contribution is 5.39. The monoisotopic (exact) mass is 241 g/mol. The molecule has 1 atom stereocenters. The maximum atomic E-state index is 4.57. The smallest absolute Gasteiger partial charge is 0.203 e. The molecule has 3 rings (SSSR count). The molecule has 3 heteroatoms. The van der Waals surface area contributed by atoms with Gasteiger partial charge in [-0.2, -0.15) is 0 Å². The van der Waals surface area contributed by atoms with Crippen molar-refractivity contribution < 1.29 is 0 Å². The lowest BCUT2D eigenvalue weighted by atomic mass is 10.1. The summed E-state index contributed by atoms with van der Waals surface area (Å²) in [5, 5.41) is 3.36. The van der Waals surface area contributed by atoms with E-state index in [0.29, 0.717) is 6.04 Å². The molecule has 1 unspecified atom stereocenters. The van der Waals surface area contributed by atoms with Gasteiger partial charge in [0, 0.05) is 12.7 Å². The summed E-state index contributed by atoms with van der Waals surface area (Å²) in [6.45, 7) is 5.07. The zero-order valence-corrected chi connectivity index (χ0v) is 11.0. The van der Waals surface area contributed by atoms with Crippen LogP contribution in [0.1, 0.15) is 36.2 Å². The van der Waals surface area contributed by atoms with Crippen LogP contribution in [-0.4, -0.2) is 16.1 Å². The molecule has 0 spiro atoms. The van der Waals surface area contributed by atoms with Gasteiger partial charge in [-0.1, -0.05) is 24.3 Å². The number of nitrogens with one attached hydrogen (secondary N) is 1. The van der Waals surface area contributed by atoms with Gasteiger partial charge < -0.3 is 9.88 Å². The highest BCUT2D eigenvalue weighted by atomic mass is 15.2. The molecule has 0 fully saturated rings. The van der Waals surface area contributed by atoms with E-state index >= 15 is 0 Å². The maximum Gasteiger partial charge on any atom is 0.203 e. The summed E-state index contributed by atoms with van der Waals surface area (Å²) < 4.78 is 2.30. The fourth-order valence-corrected chi connectivity index (χ4v) is 2.87. The van der Waals surface area contributed by atoms with Crippen molar-refractivity contribution in [1.82, 2.24) is 9.55 Å². The lowest BCUT2D eigenvalue weighted by molar-refractivity contribution is 0.584. The van der Waals surface area contributed by atoms with Crippen molar-refractivity contribution in [3.63, 3.8) is 0 Å². The van der Waals surface area contributed by atoms with E-state index in [-0.39, 0.29) is 0 Å². The molecule has 1 N–H and O–H groups in total. The summed E-state index contributed by atoms with van der Waals surface area (Å²) in [4.78, 5) is 4.57. The van der Waals surface area contributed by atoms with Crippen molar-refractivity contribution in [2.75, 3.05) is 11.9 Å². The van der Waals surface area contributed by atoms with Gasteiger partial charge in [0.05, 0.1) is 11.7 Å². The predicted molar refractivity (Wildman–Crippen MR) is 74.0 cm³/mol. The largest absolute Gasteiger partial charge is 0.356 e. The highest BCUT2D eigenvalue weighted by Crippen LogP contribution is 2.35. The molecule has 0 aliphatic heterocycles. The topological polar surface area (TPSA) is 29.9 Å². The second-order valence-electron chi connectivity index (χ2n) is 4.90. The molecule has 1 aliphatic carbocycles. The van der Waals surface area contributed by atoms with Crippen molar-refractivity contribution in [3.05, 3.63) is 47.3 Å². The Bertz CT molecular complexity index is 557. The summed E-state index contributed by atoms with van der Waals surface area (Å²) in [5.74, 6) is 0.997. The molecule has 1 aliphatic rings. The number of aryl methyl sites for hydroxylation is 2. The number of hydrogen-bond donors (Lipinski definition) is 1. The van der Waals surface area contributed by atoms with Gasteiger partial charge in [0.15, 0.2) is 0 Å². The van der Waals surface area contributed by atoms with Crippen molar-refractivity contribution in [2.45, 2.75) is 32.7 Å². The van der Waals surface area contributed by atoms with Crippen LogP contribution in [0.25, 0.3) is 0 Å². The van der Waals surface area contributed by atoms with Crippen LogP contribution in [0, 0.1) is 6.92 Å². The second-order valence-corrected chi connectivity index (χ2v) is 4.90. The van der Waals surface area contributed by atoms with Gasteiger partial charge in [-0.3, -0.25) is 0 Å². The van der Waals surface area contributed by atoms with E-state index in [1.165, 1.54) is 24.0 Å². The third-order valence-corrected chi connectivity index (χ3v) is 3.62. The molecular formula is C15H19N3. The average Bonchev–Trinajstić information content (AvgIpc) is 2.93. The van der Waals surface area contributed by atoms with Crippen LogP contribution < -0.4 is 5.32 Å². The summed E-state index contributed by atoms with van der Waals surface area (Å²) in [6.07, 6.45) is 4.50. The van der Waals surface area contributed by atoms with E-state index in [9.17, 15) is 0 Å². The summed E-state index contributed by atoms with van der Waals surface area (Å²) >= 11 is 0. The van der Waals surface area contributed by atoms with Gasteiger partial charge in [-0.25, -0.2) is 4.98 Å². The lowest BCUT2D eigenvalue weighted by Gasteiger charge is -2.16. The van der Waals surface area contributed by atoms with Gasteiger partial charge in [0.2, 0.25) is 5.95 Å². The molecular weight excluding hydrogens is 222 g/mol. The molecule has 1 heterocycles. The molecule has 0 saturated carbocycles. The Hall–Kier alpha value is -1.77. The lowest BCUT2D eigenvalue weighted by Crippen LogP contribution is -2.11. The van der Waals surface area contributed by atoms with Crippen molar-refractivity contribution in [3.8, 4) is 0 Å². The first kappa shape index (κ1) is 11.3. The Labute approximate surface area is 108 Å². The Morgan fingerprint density at radius 1 is 1.39 bits per heavy atom. The van der Waals surface area contributed by atoms with E-state index in [2.05, 4.69) is 59.2 Å². The summed E-state index contributed by atoms with van der Waals surface area (Å²) in [5.41, 5.74) is 4.01. The van der Waals surface area contributed by atoms with Gasteiger partial charge in [0.25, 0.3) is 0 Å².